The minimum absolute atomic E-state index is 0.656. The molecule has 0 heterocycles. The highest BCUT2D eigenvalue weighted by Gasteiger charge is 1.95. The highest BCUT2D eigenvalue weighted by atomic mass is 16.5. The summed E-state index contributed by atoms with van der Waals surface area (Å²) in [7, 11) is 0. The van der Waals surface area contributed by atoms with Crippen LogP contribution in [-0.2, 0) is 4.74 Å². The average molecular weight is 215 g/mol. The van der Waals surface area contributed by atoms with E-state index in [1.165, 1.54) is 12.8 Å². The van der Waals surface area contributed by atoms with Gasteiger partial charge in [0.15, 0.2) is 0 Å². The van der Waals surface area contributed by atoms with E-state index in [-0.39, 0.29) is 0 Å². The molecule has 0 aromatic rings. The summed E-state index contributed by atoms with van der Waals surface area (Å²) in [6.45, 7) is 13.0. The van der Waals surface area contributed by atoms with E-state index < -0.39 is 0 Å². The Morgan fingerprint density at radius 2 is 1.60 bits per heavy atom. The van der Waals surface area contributed by atoms with Gasteiger partial charge >= 0.3 is 0 Å². The second-order valence-electron chi connectivity index (χ2n) is 5.11. The van der Waals surface area contributed by atoms with Crippen molar-refractivity contribution in [3.8, 4) is 0 Å². The van der Waals surface area contributed by atoms with E-state index >= 15 is 0 Å². The molecule has 0 fully saturated rings. The molecule has 92 valence electrons. The van der Waals surface area contributed by atoms with E-state index in [4.69, 9.17) is 4.74 Å². The minimum Gasteiger partial charge on any atom is -0.381 e. The molecule has 0 atom stereocenters. The van der Waals surface area contributed by atoms with Gasteiger partial charge in [-0.05, 0) is 44.2 Å². The van der Waals surface area contributed by atoms with Crippen LogP contribution in [0.2, 0.25) is 0 Å². The Labute approximate surface area is 95.8 Å². The lowest BCUT2D eigenvalue weighted by molar-refractivity contribution is 0.108. The van der Waals surface area contributed by atoms with E-state index in [0.717, 1.165) is 38.6 Å². The van der Waals surface area contributed by atoms with Gasteiger partial charge in [0.2, 0.25) is 0 Å². The van der Waals surface area contributed by atoms with Gasteiger partial charge in [-0.15, -0.1) is 0 Å². The zero-order valence-electron chi connectivity index (χ0n) is 11.0. The normalized spacial score (nSPS) is 11.6. The van der Waals surface area contributed by atoms with Gasteiger partial charge in [-0.2, -0.15) is 0 Å². The summed E-state index contributed by atoms with van der Waals surface area (Å²) in [6.07, 6.45) is 3.76. The molecule has 1 N–H and O–H groups in total. The Hall–Kier alpha value is -0.0800. The quantitative estimate of drug-likeness (QED) is 0.565. The third-order valence-corrected chi connectivity index (χ3v) is 2.23. The molecule has 0 aromatic heterocycles. The van der Waals surface area contributed by atoms with Crippen LogP contribution >= 0.6 is 0 Å². The Morgan fingerprint density at radius 3 is 2.20 bits per heavy atom. The van der Waals surface area contributed by atoms with E-state index in [9.17, 15) is 0 Å². The molecule has 0 bridgehead atoms. The first-order chi connectivity index (χ1) is 7.13. The van der Waals surface area contributed by atoms with E-state index in [2.05, 4.69) is 33.0 Å². The first-order valence-corrected chi connectivity index (χ1v) is 6.41. The molecular weight excluding hydrogens is 186 g/mol. The zero-order valence-corrected chi connectivity index (χ0v) is 11.0. The third kappa shape index (κ3) is 13.9. The van der Waals surface area contributed by atoms with Gasteiger partial charge in [0.25, 0.3) is 0 Å². The smallest absolute Gasteiger partial charge is 0.0489 e. The van der Waals surface area contributed by atoms with Crippen LogP contribution in [0.15, 0.2) is 0 Å². The Balaban J connectivity index is 2.93. The average Bonchev–Trinajstić information content (AvgIpc) is 2.14. The fraction of sp³-hybridized carbons (Fsp3) is 1.00. The summed E-state index contributed by atoms with van der Waals surface area (Å²) < 4.78 is 5.50. The van der Waals surface area contributed by atoms with Crippen molar-refractivity contribution in [1.29, 1.82) is 0 Å². The molecule has 0 unspecified atom stereocenters. The molecule has 0 amide bonds. The van der Waals surface area contributed by atoms with Crippen molar-refractivity contribution in [2.75, 3.05) is 26.3 Å². The summed E-state index contributed by atoms with van der Waals surface area (Å²) in [4.78, 5) is 0. The summed E-state index contributed by atoms with van der Waals surface area (Å²) in [5, 5.41) is 3.45. The van der Waals surface area contributed by atoms with E-state index in [0.29, 0.717) is 5.92 Å². The molecule has 0 aliphatic carbocycles. The Kier molecular flexibility index (Phi) is 10.4. The summed E-state index contributed by atoms with van der Waals surface area (Å²) in [5.74, 6) is 1.49. The maximum absolute atomic E-state index is 5.50. The van der Waals surface area contributed by atoms with Gasteiger partial charge in [0.1, 0.15) is 0 Å². The predicted molar refractivity (Wildman–Crippen MR) is 67.2 cm³/mol. The topological polar surface area (TPSA) is 21.3 Å². The van der Waals surface area contributed by atoms with Gasteiger partial charge in [-0.1, -0.05) is 27.7 Å². The fourth-order valence-corrected chi connectivity index (χ4v) is 1.38. The van der Waals surface area contributed by atoms with E-state index in [1.807, 2.05) is 0 Å². The van der Waals surface area contributed by atoms with Crippen LogP contribution in [0.4, 0.5) is 0 Å². The van der Waals surface area contributed by atoms with Crippen molar-refractivity contribution in [2.45, 2.75) is 47.0 Å². The number of hydrogen-bond donors (Lipinski definition) is 1. The molecule has 2 heteroatoms. The molecule has 0 aliphatic heterocycles. The third-order valence-electron chi connectivity index (χ3n) is 2.23. The summed E-state index contributed by atoms with van der Waals surface area (Å²) in [5.41, 5.74) is 0. The van der Waals surface area contributed by atoms with Crippen molar-refractivity contribution in [1.82, 2.24) is 5.32 Å². The van der Waals surface area contributed by atoms with Crippen LogP contribution in [-0.4, -0.2) is 26.3 Å². The molecule has 0 rings (SSSR count). The molecule has 0 aliphatic rings. The highest BCUT2D eigenvalue weighted by molar-refractivity contribution is 4.51. The lowest BCUT2D eigenvalue weighted by atomic mass is 10.1. The summed E-state index contributed by atoms with van der Waals surface area (Å²) >= 11 is 0. The van der Waals surface area contributed by atoms with Gasteiger partial charge in [-0.3, -0.25) is 0 Å². The summed E-state index contributed by atoms with van der Waals surface area (Å²) in [6, 6.07) is 0. The molecule has 0 radical (unpaired) electrons. The van der Waals surface area contributed by atoms with Crippen molar-refractivity contribution in [3.63, 3.8) is 0 Å². The van der Waals surface area contributed by atoms with Gasteiger partial charge in [0.05, 0.1) is 0 Å². The molecule has 0 aromatic carbocycles. The molecule has 15 heavy (non-hydrogen) atoms. The molecule has 0 spiro atoms. The van der Waals surface area contributed by atoms with Crippen LogP contribution in [0, 0.1) is 11.8 Å². The Morgan fingerprint density at radius 1 is 0.933 bits per heavy atom. The number of hydrogen-bond acceptors (Lipinski definition) is 2. The maximum Gasteiger partial charge on any atom is 0.0489 e. The first kappa shape index (κ1) is 14.9. The van der Waals surface area contributed by atoms with Gasteiger partial charge < -0.3 is 10.1 Å². The zero-order chi connectivity index (χ0) is 11.5. The second-order valence-corrected chi connectivity index (χ2v) is 5.11. The predicted octanol–water partition coefficient (Wildman–Crippen LogP) is 3.07. The molecule has 0 saturated carbocycles. The van der Waals surface area contributed by atoms with Crippen molar-refractivity contribution in [3.05, 3.63) is 0 Å². The van der Waals surface area contributed by atoms with E-state index in [1.54, 1.807) is 0 Å². The van der Waals surface area contributed by atoms with Crippen LogP contribution in [0.5, 0.6) is 0 Å². The maximum atomic E-state index is 5.50. The molecular formula is C13H29NO. The van der Waals surface area contributed by atoms with Crippen molar-refractivity contribution < 1.29 is 4.74 Å². The number of ether oxygens (including phenoxy) is 1. The fourth-order valence-electron chi connectivity index (χ4n) is 1.38. The lowest BCUT2D eigenvalue weighted by Gasteiger charge is -2.08. The van der Waals surface area contributed by atoms with Crippen LogP contribution < -0.4 is 5.32 Å². The number of rotatable bonds is 10. The standard InChI is InChI=1S/C13H29NO/c1-12(2)7-5-8-14-9-6-10-15-11-13(3)4/h12-14H,5-11H2,1-4H3. The highest BCUT2D eigenvalue weighted by Crippen LogP contribution is 2.01. The van der Waals surface area contributed by atoms with Gasteiger partial charge in [-0.25, -0.2) is 0 Å². The largest absolute Gasteiger partial charge is 0.381 e. The first-order valence-electron chi connectivity index (χ1n) is 6.41. The van der Waals surface area contributed by atoms with Crippen molar-refractivity contribution >= 4 is 0 Å². The van der Waals surface area contributed by atoms with Crippen LogP contribution in [0.1, 0.15) is 47.0 Å². The van der Waals surface area contributed by atoms with Crippen molar-refractivity contribution in [2.24, 2.45) is 11.8 Å². The van der Waals surface area contributed by atoms with Crippen LogP contribution in [0.3, 0.4) is 0 Å². The molecule has 0 saturated heterocycles. The Bertz CT molecular complexity index is 110. The van der Waals surface area contributed by atoms with Gasteiger partial charge in [0, 0.05) is 13.2 Å². The second kappa shape index (κ2) is 10.4. The lowest BCUT2D eigenvalue weighted by Crippen LogP contribution is -2.18. The van der Waals surface area contributed by atoms with Crippen LogP contribution in [0.25, 0.3) is 0 Å². The minimum atomic E-state index is 0.656. The SMILES string of the molecule is CC(C)CCCNCCCOCC(C)C. The monoisotopic (exact) mass is 215 g/mol. The number of nitrogens with one attached hydrogen (secondary N) is 1. The molecule has 2 nitrogen and oxygen atoms in total.